The Morgan fingerprint density at radius 3 is 2.43 bits per heavy atom. The summed E-state index contributed by atoms with van der Waals surface area (Å²) < 4.78 is 2.19. The first-order valence-corrected chi connectivity index (χ1v) is 8.42. The molecule has 0 aliphatic heterocycles. The van der Waals surface area contributed by atoms with Gasteiger partial charge in [0.05, 0.1) is 5.69 Å². The fraction of sp³-hybridized carbons (Fsp3) is 0.611. The summed E-state index contributed by atoms with van der Waals surface area (Å²) in [4.78, 5) is 5.02. The highest BCUT2D eigenvalue weighted by atomic mass is 15.0. The van der Waals surface area contributed by atoms with Crippen molar-refractivity contribution in [2.75, 3.05) is 0 Å². The molecule has 0 saturated heterocycles. The molecule has 2 heterocycles. The third kappa shape index (κ3) is 1.73. The summed E-state index contributed by atoms with van der Waals surface area (Å²) in [6, 6.07) is 4.25. The van der Waals surface area contributed by atoms with Gasteiger partial charge in [0.25, 0.3) is 0 Å². The van der Waals surface area contributed by atoms with Crippen LogP contribution in [0.25, 0.3) is 5.65 Å². The Labute approximate surface area is 125 Å². The van der Waals surface area contributed by atoms with Crippen LogP contribution in [0.5, 0.6) is 0 Å². The van der Waals surface area contributed by atoms with Crippen molar-refractivity contribution in [2.45, 2.75) is 50.5 Å². The van der Waals surface area contributed by atoms with Gasteiger partial charge in [-0.1, -0.05) is 0 Å². The molecule has 4 fully saturated rings. The molecule has 0 atom stereocenters. The summed E-state index contributed by atoms with van der Waals surface area (Å²) in [6.45, 7) is 0.593. The summed E-state index contributed by atoms with van der Waals surface area (Å²) in [6.07, 6.45) is 13.0. The Hall–Kier alpha value is -1.35. The normalized spacial score (nSPS) is 37.5. The van der Waals surface area contributed by atoms with Crippen LogP contribution in [0.4, 0.5) is 0 Å². The van der Waals surface area contributed by atoms with E-state index in [2.05, 4.69) is 28.9 Å². The third-order valence-electron chi connectivity index (χ3n) is 6.34. The van der Waals surface area contributed by atoms with Crippen molar-refractivity contribution in [3.8, 4) is 0 Å². The van der Waals surface area contributed by atoms with E-state index in [4.69, 9.17) is 10.7 Å². The van der Waals surface area contributed by atoms with E-state index in [9.17, 15) is 0 Å². The topological polar surface area (TPSA) is 43.3 Å². The number of hydrogen-bond acceptors (Lipinski definition) is 2. The lowest BCUT2D eigenvalue weighted by atomic mass is 9.49. The zero-order valence-electron chi connectivity index (χ0n) is 12.5. The maximum atomic E-state index is 5.76. The lowest BCUT2D eigenvalue weighted by Gasteiger charge is -2.56. The van der Waals surface area contributed by atoms with E-state index in [0.29, 0.717) is 12.0 Å². The molecule has 2 aromatic heterocycles. The summed E-state index contributed by atoms with van der Waals surface area (Å²) in [5, 5.41) is 0. The molecule has 4 aliphatic carbocycles. The number of nitrogens with zero attached hydrogens (tertiary/aromatic N) is 2. The Morgan fingerprint density at radius 2 is 1.81 bits per heavy atom. The predicted octanol–water partition coefficient (Wildman–Crippen LogP) is 3.26. The fourth-order valence-electron chi connectivity index (χ4n) is 5.83. The van der Waals surface area contributed by atoms with Crippen molar-refractivity contribution in [3.63, 3.8) is 0 Å². The highest BCUT2D eigenvalue weighted by Gasteiger charge is 2.52. The Morgan fingerprint density at radius 1 is 1.14 bits per heavy atom. The summed E-state index contributed by atoms with van der Waals surface area (Å²) >= 11 is 0. The van der Waals surface area contributed by atoms with Gasteiger partial charge in [-0.15, -0.1) is 0 Å². The van der Waals surface area contributed by atoms with E-state index in [1.165, 1.54) is 49.8 Å². The average molecular weight is 281 g/mol. The molecular weight excluding hydrogens is 258 g/mol. The number of nitrogens with two attached hydrogens (primary N) is 1. The van der Waals surface area contributed by atoms with Gasteiger partial charge < -0.3 is 10.1 Å². The smallest absolute Gasteiger partial charge is 0.137 e. The molecule has 0 amide bonds. The van der Waals surface area contributed by atoms with Gasteiger partial charge >= 0.3 is 0 Å². The molecule has 4 bridgehead atoms. The standard InChI is InChI=1S/C18H23N3/c19-10-12-1-2-21-11-16(20-17(21)6-12)18-7-13-3-14(8-18)5-15(4-13)9-18/h1-2,6,11,13-15H,3-5,7-10,19H2. The first-order valence-electron chi connectivity index (χ1n) is 8.42. The summed E-state index contributed by atoms with van der Waals surface area (Å²) in [5.41, 5.74) is 9.75. The van der Waals surface area contributed by atoms with E-state index >= 15 is 0 Å². The average Bonchev–Trinajstić information content (AvgIpc) is 2.89. The molecule has 21 heavy (non-hydrogen) atoms. The van der Waals surface area contributed by atoms with Crippen LogP contribution in [0.15, 0.2) is 24.5 Å². The number of aromatic nitrogens is 2. The fourth-order valence-corrected chi connectivity index (χ4v) is 5.83. The molecule has 3 heteroatoms. The van der Waals surface area contributed by atoms with Crippen LogP contribution in [-0.2, 0) is 12.0 Å². The Kier molecular flexibility index (Phi) is 2.38. The zero-order valence-corrected chi connectivity index (χ0v) is 12.5. The molecular formula is C18H23N3. The predicted molar refractivity (Wildman–Crippen MR) is 82.9 cm³/mol. The van der Waals surface area contributed by atoms with Gasteiger partial charge in [0.1, 0.15) is 5.65 Å². The van der Waals surface area contributed by atoms with E-state index < -0.39 is 0 Å². The minimum absolute atomic E-state index is 0.393. The van der Waals surface area contributed by atoms with Gasteiger partial charge in [0, 0.05) is 24.4 Å². The number of imidazole rings is 1. The minimum Gasteiger partial charge on any atom is -0.326 e. The van der Waals surface area contributed by atoms with Gasteiger partial charge in [-0.2, -0.15) is 0 Å². The molecule has 2 N–H and O–H groups in total. The third-order valence-corrected chi connectivity index (χ3v) is 6.34. The Bertz CT molecular complexity index is 664. The van der Waals surface area contributed by atoms with Crippen LogP contribution in [0, 0.1) is 17.8 Å². The van der Waals surface area contributed by atoms with Crippen molar-refractivity contribution in [2.24, 2.45) is 23.5 Å². The second-order valence-electron chi connectivity index (χ2n) is 7.83. The highest BCUT2D eigenvalue weighted by molar-refractivity contribution is 5.44. The van der Waals surface area contributed by atoms with Crippen molar-refractivity contribution < 1.29 is 0 Å². The van der Waals surface area contributed by atoms with Crippen LogP contribution >= 0.6 is 0 Å². The molecule has 0 unspecified atom stereocenters. The van der Waals surface area contributed by atoms with Gasteiger partial charge in [-0.3, -0.25) is 0 Å². The van der Waals surface area contributed by atoms with E-state index in [1.807, 2.05) is 0 Å². The van der Waals surface area contributed by atoms with Crippen molar-refractivity contribution in [1.82, 2.24) is 9.38 Å². The molecule has 4 saturated carbocycles. The second kappa shape index (κ2) is 4.10. The van der Waals surface area contributed by atoms with E-state index in [1.54, 1.807) is 0 Å². The van der Waals surface area contributed by atoms with Crippen LogP contribution in [0.3, 0.4) is 0 Å². The van der Waals surface area contributed by atoms with Crippen molar-refractivity contribution in [3.05, 3.63) is 35.8 Å². The molecule has 4 aliphatic rings. The Balaban J connectivity index is 1.60. The van der Waals surface area contributed by atoms with E-state index in [0.717, 1.165) is 23.4 Å². The molecule has 0 spiro atoms. The number of rotatable bonds is 2. The first-order chi connectivity index (χ1) is 10.2. The van der Waals surface area contributed by atoms with Crippen LogP contribution in [0.1, 0.15) is 49.8 Å². The lowest BCUT2D eigenvalue weighted by Crippen LogP contribution is -2.48. The van der Waals surface area contributed by atoms with Crippen molar-refractivity contribution in [1.29, 1.82) is 0 Å². The minimum atomic E-state index is 0.393. The number of pyridine rings is 1. The molecule has 0 radical (unpaired) electrons. The number of fused-ring (bicyclic) bond motifs is 1. The first kappa shape index (κ1) is 12.2. The lowest BCUT2D eigenvalue weighted by molar-refractivity contribution is -0.00697. The van der Waals surface area contributed by atoms with Gasteiger partial charge in [0.15, 0.2) is 0 Å². The molecule has 2 aromatic rings. The summed E-state index contributed by atoms with van der Waals surface area (Å²) in [5.74, 6) is 2.92. The second-order valence-corrected chi connectivity index (χ2v) is 7.83. The SMILES string of the molecule is NCc1ccn2cc(C34CC5CC(CC(C5)C3)C4)nc2c1. The molecule has 6 rings (SSSR count). The van der Waals surface area contributed by atoms with Gasteiger partial charge in [-0.05, 0) is 74.0 Å². The van der Waals surface area contributed by atoms with Crippen LogP contribution in [0.2, 0.25) is 0 Å². The molecule has 3 nitrogen and oxygen atoms in total. The van der Waals surface area contributed by atoms with Gasteiger partial charge in [0.2, 0.25) is 0 Å². The monoisotopic (exact) mass is 281 g/mol. The highest BCUT2D eigenvalue weighted by Crippen LogP contribution is 2.60. The number of hydrogen-bond donors (Lipinski definition) is 1. The quantitative estimate of drug-likeness (QED) is 0.918. The van der Waals surface area contributed by atoms with Crippen molar-refractivity contribution >= 4 is 5.65 Å². The maximum absolute atomic E-state index is 5.76. The maximum Gasteiger partial charge on any atom is 0.137 e. The van der Waals surface area contributed by atoms with Crippen LogP contribution < -0.4 is 5.73 Å². The van der Waals surface area contributed by atoms with Crippen LogP contribution in [-0.4, -0.2) is 9.38 Å². The largest absolute Gasteiger partial charge is 0.326 e. The molecule has 0 aromatic carbocycles. The van der Waals surface area contributed by atoms with Gasteiger partial charge in [-0.25, -0.2) is 4.98 Å². The summed E-state index contributed by atoms with van der Waals surface area (Å²) in [7, 11) is 0. The van der Waals surface area contributed by atoms with E-state index in [-0.39, 0.29) is 0 Å². The zero-order chi connectivity index (χ0) is 14.0. The molecule has 110 valence electrons.